The fraction of sp³-hybridized carbons (Fsp3) is 0.308. The normalized spacial score (nSPS) is 14.9. The van der Waals surface area contributed by atoms with Crippen LogP contribution in [-0.4, -0.2) is 65.1 Å². The van der Waals surface area contributed by atoms with Crippen molar-refractivity contribution in [1.29, 1.82) is 0 Å². The van der Waals surface area contributed by atoms with Gasteiger partial charge in [0.15, 0.2) is 5.82 Å². The molecule has 0 saturated carbocycles. The molecule has 1 aliphatic rings. The number of rotatable bonds is 9. The number of carboxylic acids is 1. The van der Waals surface area contributed by atoms with Crippen LogP contribution in [-0.2, 0) is 17.6 Å². The number of terminal acetylenes is 1. The molecule has 1 amide bonds. The minimum Gasteiger partial charge on any atom is -0.480 e. The number of pyridine rings is 1. The SMILES string of the molecule is C#CCN(c1ccc(C(=O)N[C@@H](CCc2nn[nH]n2)C(=O)O)nc1)[C@H]1CCc2cc3nc(C)[nH]c(=O)c3cc21. The number of carbonyl (C=O) groups is 2. The largest absolute Gasteiger partial charge is 0.480 e. The zero-order chi connectivity index (χ0) is 27.5. The van der Waals surface area contributed by atoms with Crippen LogP contribution in [0.25, 0.3) is 10.9 Å². The number of amides is 1. The van der Waals surface area contributed by atoms with Crippen LogP contribution in [0.3, 0.4) is 0 Å². The number of hydrogen-bond donors (Lipinski definition) is 4. The maximum Gasteiger partial charge on any atom is 0.326 e. The molecule has 3 aromatic heterocycles. The topological polar surface area (TPSA) is 183 Å². The number of fused-ring (bicyclic) bond motifs is 2. The van der Waals surface area contributed by atoms with E-state index in [1.54, 1.807) is 13.0 Å². The number of aliphatic carboxylic acids is 1. The fourth-order valence-corrected chi connectivity index (χ4v) is 4.88. The van der Waals surface area contributed by atoms with Gasteiger partial charge in [0.2, 0.25) is 0 Å². The Morgan fingerprint density at radius 2 is 2.18 bits per heavy atom. The van der Waals surface area contributed by atoms with Crippen molar-refractivity contribution < 1.29 is 14.7 Å². The molecular weight excluding hydrogens is 502 g/mol. The van der Waals surface area contributed by atoms with Gasteiger partial charge in [-0.15, -0.1) is 16.6 Å². The number of carboxylic acid groups (broad SMARTS) is 1. The van der Waals surface area contributed by atoms with Gasteiger partial charge in [0.05, 0.1) is 35.4 Å². The molecule has 5 rings (SSSR count). The molecule has 4 N–H and O–H groups in total. The van der Waals surface area contributed by atoms with Gasteiger partial charge in [0.25, 0.3) is 11.5 Å². The van der Waals surface area contributed by atoms with Crippen LogP contribution in [0.15, 0.2) is 35.3 Å². The van der Waals surface area contributed by atoms with Gasteiger partial charge in [0, 0.05) is 6.42 Å². The van der Waals surface area contributed by atoms with Gasteiger partial charge in [-0.05, 0) is 61.6 Å². The van der Waals surface area contributed by atoms with Crippen LogP contribution >= 0.6 is 0 Å². The van der Waals surface area contributed by atoms with Crippen molar-refractivity contribution in [2.45, 2.75) is 44.7 Å². The van der Waals surface area contributed by atoms with Crippen molar-refractivity contribution in [3.05, 3.63) is 69.3 Å². The summed E-state index contributed by atoms with van der Waals surface area (Å²) in [5.74, 6) is 1.80. The first kappa shape index (κ1) is 25.5. The predicted molar refractivity (Wildman–Crippen MR) is 140 cm³/mol. The summed E-state index contributed by atoms with van der Waals surface area (Å²) in [4.78, 5) is 50.5. The molecule has 39 heavy (non-hydrogen) atoms. The lowest BCUT2D eigenvalue weighted by atomic mass is 10.0. The van der Waals surface area contributed by atoms with E-state index >= 15 is 0 Å². The summed E-state index contributed by atoms with van der Waals surface area (Å²) < 4.78 is 0. The number of tetrazole rings is 1. The van der Waals surface area contributed by atoms with Crippen LogP contribution in [0, 0.1) is 19.3 Å². The summed E-state index contributed by atoms with van der Waals surface area (Å²) >= 11 is 0. The van der Waals surface area contributed by atoms with Gasteiger partial charge < -0.3 is 20.3 Å². The van der Waals surface area contributed by atoms with E-state index < -0.39 is 17.9 Å². The number of nitrogens with one attached hydrogen (secondary N) is 3. The van der Waals surface area contributed by atoms with E-state index in [-0.39, 0.29) is 36.7 Å². The van der Waals surface area contributed by atoms with Crippen LogP contribution in [0.4, 0.5) is 5.69 Å². The minimum atomic E-state index is -1.18. The van der Waals surface area contributed by atoms with Gasteiger partial charge in [-0.3, -0.25) is 9.59 Å². The third-order valence-electron chi connectivity index (χ3n) is 6.73. The lowest BCUT2D eigenvalue weighted by Crippen LogP contribution is -2.41. The summed E-state index contributed by atoms with van der Waals surface area (Å²) in [6, 6.07) is 5.85. The summed E-state index contributed by atoms with van der Waals surface area (Å²) in [6.45, 7) is 2.04. The Hall–Kier alpha value is -5.12. The summed E-state index contributed by atoms with van der Waals surface area (Å²) in [5.41, 5.74) is 3.34. The summed E-state index contributed by atoms with van der Waals surface area (Å²) in [5, 5.41) is 25.8. The third kappa shape index (κ3) is 5.30. The zero-order valence-corrected chi connectivity index (χ0v) is 21.0. The molecule has 4 aromatic rings. The van der Waals surface area contributed by atoms with Gasteiger partial charge in [-0.25, -0.2) is 14.8 Å². The van der Waals surface area contributed by atoms with Crippen molar-refractivity contribution >= 4 is 28.5 Å². The lowest BCUT2D eigenvalue weighted by molar-refractivity contribution is -0.139. The number of benzene rings is 1. The second-order valence-corrected chi connectivity index (χ2v) is 9.24. The molecule has 0 bridgehead atoms. The minimum absolute atomic E-state index is 0.0658. The van der Waals surface area contributed by atoms with Crippen molar-refractivity contribution in [3.63, 3.8) is 0 Å². The quantitative estimate of drug-likeness (QED) is 0.230. The Morgan fingerprint density at radius 3 is 2.87 bits per heavy atom. The molecule has 0 aliphatic heterocycles. The van der Waals surface area contributed by atoms with E-state index in [2.05, 4.69) is 46.8 Å². The van der Waals surface area contributed by atoms with Gasteiger partial charge >= 0.3 is 5.97 Å². The number of aromatic nitrogens is 7. The number of aryl methyl sites for hydroxylation is 3. The first-order chi connectivity index (χ1) is 18.8. The molecule has 13 nitrogen and oxygen atoms in total. The second-order valence-electron chi connectivity index (χ2n) is 9.24. The molecule has 2 atom stereocenters. The Kier molecular flexibility index (Phi) is 7.00. The molecule has 13 heteroatoms. The zero-order valence-electron chi connectivity index (χ0n) is 21.0. The van der Waals surface area contributed by atoms with Gasteiger partial charge in [-0.2, -0.15) is 5.21 Å². The number of aromatic amines is 2. The second kappa shape index (κ2) is 10.7. The summed E-state index contributed by atoms with van der Waals surface area (Å²) in [7, 11) is 0. The number of carbonyl (C=O) groups excluding carboxylic acids is 1. The van der Waals surface area contributed by atoms with Crippen LogP contribution < -0.4 is 15.8 Å². The van der Waals surface area contributed by atoms with Crippen molar-refractivity contribution in [2.75, 3.05) is 11.4 Å². The molecule has 0 radical (unpaired) electrons. The molecule has 1 aliphatic carbocycles. The highest BCUT2D eigenvalue weighted by Gasteiger charge is 2.30. The smallest absolute Gasteiger partial charge is 0.326 e. The molecule has 0 unspecified atom stereocenters. The molecule has 1 aromatic carbocycles. The van der Waals surface area contributed by atoms with Gasteiger partial charge in [0.1, 0.15) is 17.6 Å². The predicted octanol–water partition coefficient (Wildman–Crippen LogP) is 1.08. The van der Waals surface area contributed by atoms with Crippen molar-refractivity contribution in [1.82, 2.24) is 40.9 Å². The first-order valence-corrected chi connectivity index (χ1v) is 12.3. The summed E-state index contributed by atoms with van der Waals surface area (Å²) in [6.07, 6.45) is 9.14. The van der Waals surface area contributed by atoms with E-state index in [1.165, 1.54) is 12.3 Å². The van der Waals surface area contributed by atoms with E-state index in [0.29, 0.717) is 28.2 Å². The molecule has 198 valence electrons. The molecule has 0 saturated heterocycles. The van der Waals surface area contributed by atoms with E-state index in [1.807, 2.05) is 17.0 Å². The van der Waals surface area contributed by atoms with Gasteiger partial charge in [-0.1, -0.05) is 11.1 Å². The highest BCUT2D eigenvalue weighted by Crippen LogP contribution is 2.39. The maximum atomic E-state index is 12.8. The number of H-pyrrole nitrogens is 2. The van der Waals surface area contributed by atoms with Crippen LogP contribution in [0.1, 0.15) is 52.1 Å². The number of anilines is 1. The fourth-order valence-electron chi connectivity index (χ4n) is 4.88. The molecule has 0 spiro atoms. The molecule has 3 heterocycles. The van der Waals surface area contributed by atoms with E-state index in [4.69, 9.17) is 6.42 Å². The average molecular weight is 528 g/mol. The number of hydrogen-bond acceptors (Lipinski definition) is 9. The molecular formula is C26H25N9O4. The van der Waals surface area contributed by atoms with Crippen LogP contribution in [0.2, 0.25) is 0 Å². The standard InChI is InChI=1S/C26H25N9O4/c1-3-10-35(22-8-4-15-11-21-18(12-17(15)22)24(36)29-14(2)28-21)16-5-6-19(27-13-16)25(37)30-20(26(38)39)7-9-23-31-33-34-32-23/h1,5-6,11-13,20,22H,4,7-10H2,2H3,(H,30,37)(H,38,39)(H,28,29,36)(H,31,32,33,34)/t20-,22-/m0/s1. The average Bonchev–Trinajstić information content (AvgIpc) is 3.58. The Morgan fingerprint density at radius 1 is 1.33 bits per heavy atom. The lowest BCUT2D eigenvalue weighted by Gasteiger charge is -2.30. The van der Waals surface area contributed by atoms with E-state index in [9.17, 15) is 19.5 Å². The monoisotopic (exact) mass is 527 g/mol. The first-order valence-electron chi connectivity index (χ1n) is 12.3. The third-order valence-corrected chi connectivity index (χ3v) is 6.73. The highest BCUT2D eigenvalue weighted by atomic mass is 16.4. The van der Waals surface area contributed by atoms with Crippen LogP contribution in [0.5, 0.6) is 0 Å². The highest BCUT2D eigenvalue weighted by molar-refractivity contribution is 5.95. The Labute approximate surface area is 222 Å². The Balaban J connectivity index is 1.35. The Bertz CT molecular complexity index is 1620. The maximum absolute atomic E-state index is 12.8. The molecule has 0 fully saturated rings. The van der Waals surface area contributed by atoms with E-state index in [0.717, 1.165) is 24.0 Å². The van der Waals surface area contributed by atoms with Crippen molar-refractivity contribution in [3.8, 4) is 12.3 Å². The van der Waals surface area contributed by atoms with Crippen molar-refractivity contribution in [2.24, 2.45) is 0 Å². The number of nitrogens with zero attached hydrogens (tertiary/aromatic N) is 6.